The fourth-order valence-electron chi connectivity index (χ4n) is 2.28. The zero-order chi connectivity index (χ0) is 15.0. The molecule has 0 aliphatic heterocycles. The Kier molecular flexibility index (Phi) is 3.51. The molecular weight excluding hydrogens is 333 g/mol. The van der Waals surface area contributed by atoms with Gasteiger partial charge in [0.15, 0.2) is 0 Å². The molecule has 0 aliphatic rings. The molecule has 3 rings (SSSR count). The summed E-state index contributed by atoms with van der Waals surface area (Å²) in [5, 5.41) is 4.47. The summed E-state index contributed by atoms with van der Waals surface area (Å²) in [5.41, 5.74) is 9.56. The van der Waals surface area contributed by atoms with Crippen molar-refractivity contribution < 1.29 is 4.39 Å². The van der Waals surface area contributed by atoms with Crippen LogP contribution in [0.5, 0.6) is 0 Å². The monoisotopic (exact) mass is 345 g/mol. The standard InChI is InChI=1S/C16H13BrFN3/c1-21-16(19)14(11-3-2-4-12(17)9-11)15(20-21)10-5-7-13(18)8-6-10/h2-9H,19H2,1H3. The predicted octanol–water partition coefficient (Wildman–Crippen LogP) is 4.24. The van der Waals surface area contributed by atoms with Gasteiger partial charge in [0.05, 0.1) is 5.56 Å². The highest BCUT2D eigenvalue weighted by Gasteiger charge is 2.17. The Bertz CT molecular complexity index is 794. The van der Waals surface area contributed by atoms with Crippen LogP contribution in [0.1, 0.15) is 0 Å². The summed E-state index contributed by atoms with van der Waals surface area (Å²) in [4.78, 5) is 0. The van der Waals surface area contributed by atoms with Crippen molar-refractivity contribution in [3.8, 4) is 22.4 Å². The molecule has 21 heavy (non-hydrogen) atoms. The van der Waals surface area contributed by atoms with Gasteiger partial charge in [-0.3, -0.25) is 4.68 Å². The van der Waals surface area contributed by atoms with Crippen LogP contribution in [0.3, 0.4) is 0 Å². The molecule has 0 saturated heterocycles. The number of benzene rings is 2. The fraction of sp³-hybridized carbons (Fsp3) is 0.0625. The third kappa shape index (κ3) is 2.56. The Balaban J connectivity index is 2.23. The molecule has 1 aromatic heterocycles. The van der Waals surface area contributed by atoms with E-state index in [0.29, 0.717) is 5.82 Å². The van der Waals surface area contributed by atoms with E-state index in [1.807, 2.05) is 24.3 Å². The molecule has 3 aromatic rings. The first-order valence-electron chi connectivity index (χ1n) is 6.40. The number of rotatable bonds is 2. The van der Waals surface area contributed by atoms with Crippen molar-refractivity contribution in [2.24, 2.45) is 7.05 Å². The summed E-state index contributed by atoms with van der Waals surface area (Å²) in [6, 6.07) is 14.1. The van der Waals surface area contributed by atoms with E-state index in [1.54, 1.807) is 23.9 Å². The van der Waals surface area contributed by atoms with Crippen molar-refractivity contribution in [3.05, 3.63) is 58.8 Å². The number of hydrogen-bond donors (Lipinski definition) is 1. The number of aromatic nitrogens is 2. The zero-order valence-electron chi connectivity index (χ0n) is 11.3. The molecule has 2 N–H and O–H groups in total. The molecule has 0 saturated carbocycles. The molecule has 2 aromatic carbocycles. The number of hydrogen-bond acceptors (Lipinski definition) is 2. The lowest BCUT2D eigenvalue weighted by Gasteiger charge is -2.05. The van der Waals surface area contributed by atoms with Crippen molar-refractivity contribution in [1.82, 2.24) is 9.78 Å². The predicted molar refractivity (Wildman–Crippen MR) is 86.2 cm³/mol. The number of nitrogen functional groups attached to an aromatic ring is 1. The van der Waals surface area contributed by atoms with Gasteiger partial charge in [-0.05, 0) is 42.0 Å². The molecule has 0 atom stereocenters. The van der Waals surface area contributed by atoms with Crippen molar-refractivity contribution in [3.63, 3.8) is 0 Å². The molecule has 0 unspecified atom stereocenters. The van der Waals surface area contributed by atoms with Crippen LogP contribution in [0.2, 0.25) is 0 Å². The second kappa shape index (κ2) is 5.33. The van der Waals surface area contributed by atoms with E-state index in [0.717, 1.165) is 26.9 Å². The van der Waals surface area contributed by atoms with Gasteiger partial charge in [-0.2, -0.15) is 5.10 Å². The molecule has 5 heteroatoms. The number of aryl methyl sites for hydroxylation is 1. The molecule has 106 valence electrons. The number of nitrogens with two attached hydrogens (primary N) is 1. The highest BCUT2D eigenvalue weighted by molar-refractivity contribution is 9.10. The topological polar surface area (TPSA) is 43.8 Å². The van der Waals surface area contributed by atoms with Gasteiger partial charge in [0.1, 0.15) is 17.3 Å². The second-order valence-corrected chi connectivity index (χ2v) is 5.67. The fourth-order valence-corrected chi connectivity index (χ4v) is 2.67. The maximum atomic E-state index is 13.1. The minimum atomic E-state index is -0.272. The van der Waals surface area contributed by atoms with E-state index in [1.165, 1.54) is 12.1 Å². The largest absolute Gasteiger partial charge is 0.383 e. The van der Waals surface area contributed by atoms with Gasteiger partial charge in [-0.1, -0.05) is 28.1 Å². The maximum Gasteiger partial charge on any atom is 0.129 e. The average molecular weight is 346 g/mol. The lowest BCUT2D eigenvalue weighted by atomic mass is 10.0. The average Bonchev–Trinajstić information content (AvgIpc) is 2.76. The summed E-state index contributed by atoms with van der Waals surface area (Å²) in [7, 11) is 1.80. The third-order valence-corrected chi connectivity index (χ3v) is 3.82. The Morgan fingerprint density at radius 3 is 2.48 bits per heavy atom. The molecule has 0 fully saturated rings. The van der Waals surface area contributed by atoms with Crippen molar-refractivity contribution in [1.29, 1.82) is 0 Å². The van der Waals surface area contributed by atoms with Crippen LogP contribution < -0.4 is 5.73 Å². The van der Waals surface area contributed by atoms with Gasteiger partial charge in [0.25, 0.3) is 0 Å². The molecule has 0 bridgehead atoms. The molecule has 1 heterocycles. The molecule has 0 radical (unpaired) electrons. The summed E-state index contributed by atoms with van der Waals surface area (Å²) in [6.07, 6.45) is 0. The van der Waals surface area contributed by atoms with Crippen LogP contribution in [0.4, 0.5) is 10.2 Å². The van der Waals surface area contributed by atoms with Crippen molar-refractivity contribution in [2.75, 3.05) is 5.73 Å². The highest BCUT2D eigenvalue weighted by Crippen LogP contribution is 2.36. The third-order valence-electron chi connectivity index (χ3n) is 3.32. The van der Waals surface area contributed by atoms with E-state index in [4.69, 9.17) is 5.73 Å². The Morgan fingerprint density at radius 1 is 1.10 bits per heavy atom. The van der Waals surface area contributed by atoms with E-state index >= 15 is 0 Å². The minimum Gasteiger partial charge on any atom is -0.383 e. The van der Waals surface area contributed by atoms with E-state index < -0.39 is 0 Å². The van der Waals surface area contributed by atoms with Crippen molar-refractivity contribution in [2.45, 2.75) is 0 Å². The lowest BCUT2D eigenvalue weighted by molar-refractivity contribution is 0.628. The normalized spacial score (nSPS) is 10.8. The van der Waals surface area contributed by atoms with E-state index in [-0.39, 0.29) is 5.82 Å². The summed E-state index contributed by atoms with van der Waals surface area (Å²) in [5.74, 6) is 0.305. The quantitative estimate of drug-likeness (QED) is 0.754. The highest BCUT2D eigenvalue weighted by atomic mass is 79.9. The van der Waals surface area contributed by atoms with Crippen LogP contribution in [0, 0.1) is 5.82 Å². The van der Waals surface area contributed by atoms with Gasteiger partial charge in [0, 0.05) is 17.1 Å². The van der Waals surface area contributed by atoms with Crippen LogP contribution in [0.25, 0.3) is 22.4 Å². The number of halogens is 2. The van der Waals surface area contributed by atoms with Crippen LogP contribution in [-0.4, -0.2) is 9.78 Å². The first-order chi connectivity index (χ1) is 10.1. The minimum absolute atomic E-state index is 0.272. The Hall–Kier alpha value is -2.14. The Labute approximate surface area is 130 Å². The zero-order valence-corrected chi connectivity index (χ0v) is 12.9. The maximum absolute atomic E-state index is 13.1. The van der Waals surface area contributed by atoms with Gasteiger partial charge in [-0.25, -0.2) is 4.39 Å². The first-order valence-corrected chi connectivity index (χ1v) is 7.20. The SMILES string of the molecule is Cn1nc(-c2ccc(F)cc2)c(-c2cccc(Br)c2)c1N. The van der Waals surface area contributed by atoms with E-state index in [9.17, 15) is 4.39 Å². The van der Waals surface area contributed by atoms with E-state index in [2.05, 4.69) is 21.0 Å². The first kappa shape index (κ1) is 13.8. The molecule has 0 aliphatic carbocycles. The molecule has 0 spiro atoms. The van der Waals surface area contributed by atoms with Gasteiger partial charge >= 0.3 is 0 Å². The van der Waals surface area contributed by atoms with Gasteiger partial charge < -0.3 is 5.73 Å². The van der Waals surface area contributed by atoms with Crippen LogP contribution in [0.15, 0.2) is 53.0 Å². The molecule has 0 amide bonds. The second-order valence-electron chi connectivity index (χ2n) is 4.75. The van der Waals surface area contributed by atoms with Gasteiger partial charge in [-0.15, -0.1) is 0 Å². The van der Waals surface area contributed by atoms with Gasteiger partial charge in [0.2, 0.25) is 0 Å². The van der Waals surface area contributed by atoms with Crippen LogP contribution >= 0.6 is 15.9 Å². The summed E-state index contributed by atoms with van der Waals surface area (Å²) >= 11 is 3.46. The van der Waals surface area contributed by atoms with Crippen molar-refractivity contribution >= 4 is 21.7 Å². The molecule has 3 nitrogen and oxygen atoms in total. The Morgan fingerprint density at radius 2 is 1.81 bits per heavy atom. The number of anilines is 1. The number of nitrogens with zero attached hydrogens (tertiary/aromatic N) is 2. The summed E-state index contributed by atoms with van der Waals surface area (Å²) in [6.45, 7) is 0. The molecular formula is C16H13BrFN3. The lowest BCUT2D eigenvalue weighted by Crippen LogP contribution is -1.97. The van der Waals surface area contributed by atoms with Crippen LogP contribution in [-0.2, 0) is 7.05 Å². The summed E-state index contributed by atoms with van der Waals surface area (Å²) < 4.78 is 15.7. The smallest absolute Gasteiger partial charge is 0.129 e.